The highest BCUT2D eigenvalue weighted by Gasteiger charge is 2.23. The van der Waals surface area contributed by atoms with Crippen LogP contribution in [0.4, 0.5) is 11.6 Å². The van der Waals surface area contributed by atoms with Gasteiger partial charge >= 0.3 is 5.97 Å². The normalized spacial score (nSPS) is 11.6. The van der Waals surface area contributed by atoms with Crippen molar-refractivity contribution in [2.45, 2.75) is 12.5 Å². The Kier molecular flexibility index (Phi) is 7.15. The van der Waals surface area contributed by atoms with E-state index in [9.17, 15) is 19.5 Å². The lowest BCUT2D eigenvalue weighted by Gasteiger charge is -2.13. The number of anilines is 2. The number of benzene rings is 2. The van der Waals surface area contributed by atoms with Gasteiger partial charge < -0.3 is 30.8 Å². The van der Waals surface area contributed by atoms with E-state index in [1.807, 2.05) is 41.9 Å². The Morgan fingerprint density at radius 3 is 2.53 bits per heavy atom. The quantitative estimate of drug-likeness (QED) is 0.246. The maximum atomic E-state index is 12.5. The predicted molar refractivity (Wildman–Crippen MR) is 135 cm³/mol. The minimum Gasteiger partial charge on any atom is -0.480 e. The molecule has 0 aliphatic rings. The lowest BCUT2D eigenvalue weighted by molar-refractivity contribution is -0.140. The topological polar surface area (TPSA) is 161 Å². The molecule has 0 aliphatic carbocycles. The van der Waals surface area contributed by atoms with E-state index in [2.05, 4.69) is 36.5 Å². The molecule has 184 valence electrons. The number of nitrogens with one attached hydrogen (secondary N) is 2. The monoisotopic (exact) mass is 552 g/mol. The zero-order valence-electron chi connectivity index (χ0n) is 18.9. The number of carbonyl (C=O) groups is 3. The second-order valence-electron chi connectivity index (χ2n) is 7.79. The molecule has 0 saturated heterocycles. The van der Waals surface area contributed by atoms with Gasteiger partial charge in [0.2, 0.25) is 11.9 Å². The molecule has 5 N–H and O–H groups in total. The second-order valence-corrected chi connectivity index (χ2v) is 8.71. The smallest absolute Gasteiger partial charge is 0.326 e. The number of carboxylic acid groups (broad SMARTS) is 1. The van der Waals surface area contributed by atoms with Crippen molar-refractivity contribution in [2.24, 2.45) is 12.8 Å². The summed E-state index contributed by atoms with van der Waals surface area (Å²) in [6, 6.07) is 14.6. The molecule has 12 heteroatoms. The molecule has 4 rings (SSSR count). The fourth-order valence-corrected chi connectivity index (χ4v) is 3.65. The number of aryl methyl sites for hydroxylation is 1. The molecule has 0 saturated carbocycles. The third kappa shape index (κ3) is 5.78. The first-order valence-electron chi connectivity index (χ1n) is 10.6. The first kappa shape index (κ1) is 24.7. The molecule has 1 atom stereocenters. The number of hydrogen-bond acceptors (Lipinski definition) is 7. The summed E-state index contributed by atoms with van der Waals surface area (Å²) >= 11 is 3.42. The highest BCUT2D eigenvalue weighted by atomic mass is 79.9. The van der Waals surface area contributed by atoms with Crippen molar-refractivity contribution in [3.63, 3.8) is 0 Å². The molecule has 11 nitrogen and oxygen atoms in total. The summed E-state index contributed by atoms with van der Waals surface area (Å²) in [4.78, 5) is 43.4. The fraction of sp³-hybridized carbons (Fsp3) is 0.125. The molecular weight excluding hydrogens is 532 g/mol. The summed E-state index contributed by atoms with van der Waals surface area (Å²) in [5.74, 6) is -1.58. The number of fused-ring (bicyclic) bond motifs is 1. The number of ether oxygens (including phenoxy) is 1. The van der Waals surface area contributed by atoms with Gasteiger partial charge in [0.05, 0.1) is 17.5 Å². The number of amides is 2. The third-order valence-electron chi connectivity index (χ3n) is 5.16. The molecule has 2 heterocycles. The average Bonchev–Trinajstić information content (AvgIpc) is 3.14. The van der Waals surface area contributed by atoms with E-state index in [4.69, 9.17) is 10.5 Å². The number of aliphatic carboxylic acids is 1. The number of pyridine rings is 1. The molecule has 2 amide bonds. The summed E-state index contributed by atoms with van der Waals surface area (Å²) in [5, 5.41) is 14.7. The summed E-state index contributed by atoms with van der Waals surface area (Å²) in [6.45, 7) is 0. The third-order valence-corrected chi connectivity index (χ3v) is 5.69. The predicted octanol–water partition coefficient (Wildman–Crippen LogP) is 3.33. The first-order valence-corrected chi connectivity index (χ1v) is 11.4. The zero-order valence-corrected chi connectivity index (χ0v) is 20.5. The number of halogens is 1. The lowest BCUT2D eigenvalue weighted by atomic mass is 10.2. The molecule has 36 heavy (non-hydrogen) atoms. The molecule has 0 unspecified atom stereocenters. The van der Waals surface area contributed by atoms with E-state index >= 15 is 0 Å². The standard InChI is InChI=1S/C24H21BrN6O5/c1-31-20-7-6-15(10-17(20)30-24(31)28-14-4-2-13(25)3-5-14)36-16-8-9-27-18(11-16)22(33)29-19(23(34)35)12-21(26)32/h2-11,19H,12H2,1H3,(H2,26,32)(H,28,30)(H,29,33)(H,34,35)/t19-/m0/s1. The minimum absolute atomic E-state index is 0.0804. The number of nitrogens with zero attached hydrogens (tertiary/aromatic N) is 3. The van der Waals surface area contributed by atoms with E-state index in [-0.39, 0.29) is 5.69 Å². The second kappa shape index (κ2) is 10.4. The van der Waals surface area contributed by atoms with Crippen LogP contribution in [0.15, 0.2) is 65.3 Å². The molecule has 0 spiro atoms. The molecule has 2 aromatic carbocycles. The van der Waals surface area contributed by atoms with Gasteiger partial charge in [0.15, 0.2) is 0 Å². The van der Waals surface area contributed by atoms with Crippen LogP contribution >= 0.6 is 15.9 Å². The van der Waals surface area contributed by atoms with Gasteiger partial charge in [-0.2, -0.15) is 0 Å². The van der Waals surface area contributed by atoms with Gasteiger partial charge in [-0.25, -0.2) is 9.78 Å². The van der Waals surface area contributed by atoms with Crippen LogP contribution < -0.4 is 21.1 Å². The number of imidazole rings is 1. The van der Waals surface area contributed by atoms with Crippen molar-refractivity contribution < 1.29 is 24.2 Å². The summed E-state index contributed by atoms with van der Waals surface area (Å²) in [7, 11) is 1.90. The number of rotatable bonds is 9. The fourth-order valence-electron chi connectivity index (χ4n) is 3.39. The van der Waals surface area contributed by atoms with Crippen LogP contribution in [0.1, 0.15) is 16.9 Å². The Morgan fingerprint density at radius 2 is 1.83 bits per heavy atom. The van der Waals surface area contributed by atoms with Crippen molar-refractivity contribution in [3.8, 4) is 11.5 Å². The average molecular weight is 553 g/mol. The molecule has 0 fully saturated rings. The zero-order chi connectivity index (χ0) is 25.8. The van der Waals surface area contributed by atoms with Gasteiger partial charge in [-0.15, -0.1) is 0 Å². The molecule has 0 aliphatic heterocycles. The molecule has 0 bridgehead atoms. The molecular formula is C24H21BrN6O5. The first-order chi connectivity index (χ1) is 17.2. The summed E-state index contributed by atoms with van der Waals surface area (Å²) in [5.41, 5.74) is 7.43. The van der Waals surface area contributed by atoms with Crippen molar-refractivity contribution in [2.75, 3.05) is 5.32 Å². The van der Waals surface area contributed by atoms with E-state index in [0.29, 0.717) is 23.0 Å². The van der Waals surface area contributed by atoms with Gasteiger partial charge in [0.25, 0.3) is 5.91 Å². The number of hydrogen-bond donors (Lipinski definition) is 4. The number of aromatic nitrogens is 3. The van der Waals surface area contributed by atoms with Crippen molar-refractivity contribution in [1.82, 2.24) is 19.9 Å². The van der Waals surface area contributed by atoms with E-state index in [0.717, 1.165) is 15.7 Å². The molecule has 0 radical (unpaired) electrons. The van der Waals surface area contributed by atoms with Crippen LogP contribution in [0.3, 0.4) is 0 Å². The van der Waals surface area contributed by atoms with Gasteiger partial charge in [0, 0.05) is 35.5 Å². The highest BCUT2D eigenvalue weighted by Crippen LogP contribution is 2.28. The minimum atomic E-state index is -1.46. The van der Waals surface area contributed by atoms with Crippen LogP contribution in [-0.4, -0.2) is 43.5 Å². The number of carboxylic acids is 1. The Bertz CT molecular complexity index is 1450. The maximum absolute atomic E-state index is 12.5. The van der Waals surface area contributed by atoms with Crippen LogP contribution in [0.25, 0.3) is 11.0 Å². The SMILES string of the molecule is Cn1c(Nc2ccc(Br)cc2)nc2cc(Oc3ccnc(C(=O)N[C@@H](CC(N)=O)C(=O)O)c3)ccc21. The Balaban J connectivity index is 1.51. The van der Waals surface area contributed by atoms with Crippen LogP contribution in [0.5, 0.6) is 11.5 Å². The van der Waals surface area contributed by atoms with Crippen LogP contribution in [0, 0.1) is 0 Å². The van der Waals surface area contributed by atoms with Gasteiger partial charge in [-0.3, -0.25) is 14.6 Å². The van der Waals surface area contributed by atoms with E-state index in [1.165, 1.54) is 12.3 Å². The van der Waals surface area contributed by atoms with Gasteiger partial charge in [-0.1, -0.05) is 15.9 Å². The number of carbonyl (C=O) groups excluding carboxylic acids is 2. The Labute approximate surface area is 213 Å². The van der Waals surface area contributed by atoms with Crippen molar-refractivity contribution in [3.05, 3.63) is 71.0 Å². The van der Waals surface area contributed by atoms with E-state index in [1.54, 1.807) is 18.2 Å². The largest absolute Gasteiger partial charge is 0.480 e. The maximum Gasteiger partial charge on any atom is 0.326 e. The lowest BCUT2D eigenvalue weighted by Crippen LogP contribution is -2.43. The molecule has 4 aromatic rings. The molecule has 2 aromatic heterocycles. The summed E-state index contributed by atoms with van der Waals surface area (Å²) in [6.07, 6.45) is 0.813. The van der Waals surface area contributed by atoms with E-state index < -0.39 is 30.2 Å². The number of primary amides is 1. The van der Waals surface area contributed by atoms with Crippen molar-refractivity contribution in [1.29, 1.82) is 0 Å². The van der Waals surface area contributed by atoms with Gasteiger partial charge in [-0.05, 0) is 42.5 Å². The van der Waals surface area contributed by atoms with Gasteiger partial charge in [0.1, 0.15) is 23.2 Å². The Morgan fingerprint density at radius 1 is 1.11 bits per heavy atom. The Hall–Kier alpha value is -4.45. The summed E-state index contributed by atoms with van der Waals surface area (Å²) < 4.78 is 8.78. The van der Waals surface area contributed by atoms with Crippen LogP contribution in [-0.2, 0) is 16.6 Å². The number of nitrogens with two attached hydrogens (primary N) is 1. The van der Waals surface area contributed by atoms with Crippen molar-refractivity contribution >= 4 is 56.4 Å². The van der Waals surface area contributed by atoms with Crippen LogP contribution in [0.2, 0.25) is 0 Å². The highest BCUT2D eigenvalue weighted by molar-refractivity contribution is 9.10.